The molecule has 0 amide bonds. The van der Waals surface area contributed by atoms with Gasteiger partial charge in [-0.15, -0.1) is 0 Å². The Morgan fingerprint density at radius 3 is 1.31 bits per heavy atom. The summed E-state index contributed by atoms with van der Waals surface area (Å²) >= 11 is 0. The highest BCUT2D eigenvalue weighted by Crippen LogP contribution is 2.48. The summed E-state index contributed by atoms with van der Waals surface area (Å²) in [6.07, 6.45) is -1.21. The molecule has 0 N–H and O–H groups in total. The highest BCUT2D eigenvalue weighted by Gasteiger charge is 2.49. The maximum atomic E-state index is 14.0. The second-order valence-corrected chi connectivity index (χ2v) is 8.97. The summed E-state index contributed by atoms with van der Waals surface area (Å²) in [6, 6.07) is 7.22. The largest absolute Gasteiger partial charge is 0.496 e. The molecular formula is C27H34O9. The van der Waals surface area contributed by atoms with Crippen LogP contribution in [0.4, 0.5) is 0 Å². The van der Waals surface area contributed by atoms with Crippen LogP contribution in [0.25, 0.3) is 0 Å². The van der Waals surface area contributed by atoms with Gasteiger partial charge in [-0.05, 0) is 38.1 Å². The van der Waals surface area contributed by atoms with Crippen molar-refractivity contribution >= 4 is 5.78 Å². The van der Waals surface area contributed by atoms with E-state index in [1.165, 1.54) is 14.2 Å². The van der Waals surface area contributed by atoms with Gasteiger partial charge in [-0.1, -0.05) is 0 Å². The Hall–Kier alpha value is -2.85. The highest BCUT2D eigenvalue weighted by molar-refractivity contribution is 5.89. The van der Waals surface area contributed by atoms with Crippen molar-refractivity contribution in [2.24, 2.45) is 0 Å². The number of ether oxygens (including phenoxy) is 8. The van der Waals surface area contributed by atoms with Crippen molar-refractivity contribution in [3.05, 3.63) is 46.5 Å². The van der Waals surface area contributed by atoms with Crippen molar-refractivity contribution in [1.29, 1.82) is 0 Å². The lowest BCUT2D eigenvalue weighted by molar-refractivity contribution is -0.266. The van der Waals surface area contributed by atoms with E-state index in [2.05, 4.69) is 0 Å². The minimum atomic E-state index is -1.24. The first kappa shape index (κ1) is 26.2. The second-order valence-electron chi connectivity index (χ2n) is 8.97. The SMILES string of the molecule is COc1ccc(OC)c2c1CC(C(=O)C1Cc3c(OC)ccc(OC)c3C(C)(OC)O1)OC2(C)OC. The summed E-state index contributed by atoms with van der Waals surface area (Å²) in [5.74, 6) is -0.304. The van der Waals surface area contributed by atoms with Gasteiger partial charge in [-0.2, -0.15) is 0 Å². The molecule has 0 aromatic heterocycles. The monoisotopic (exact) mass is 502 g/mol. The molecule has 4 unspecified atom stereocenters. The second kappa shape index (κ2) is 9.89. The fourth-order valence-corrected chi connectivity index (χ4v) is 5.28. The van der Waals surface area contributed by atoms with E-state index in [9.17, 15) is 4.79 Å². The molecule has 4 atom stereocenters. The molecule has 36 heavy (non-hydrogen) atoms. The first-order valence-corrected chi connectivity index (χ1v) is 11.7. The lowest BCUT2D eigenvalue weighted by atomic mass is 9.85. The minimum absolute atomic E-state index is 0.243. The van der Waals surface area contributed by atoms with Gasteiger partial charge >= 0.3 is 0 Å². The van der Waals surface area contributed by atoms with Gasteiger partial charge in [0.15, 0.2) is 17.4 Å². The van der Waals surface area contributed by atoms with Crippen LogP contribution in [0.2, 0.25) is 0 Å². The number of benzene rings is 2. The van der Waals surface area contributed by atoms with E-state index in [1.807, 2.05) is 12.1 Å². The molecule has 0 saturated carbocycles. The lowest BCUT2D eigenvalue weighted by Gasteiger charge is -2.43. The molecule has 2 heterocycles. The minimum Gasteiger partial charge on any atom is -0.496 e. The van der Waals surface area contributed by atoms with Gasteiger partial charge in [-0.25, -0.2) is 0 Å². The normalized spacial score (nSPS) is 27.0. The standard InChI is InChI=1S/C27H34O9/c1-26(33-7)23-15(17(29-3)9-11-19(23)31-5)13-21(35-26)25(28)22-14-16-18(30-4)10-12-20(32-6)24(16)27(2,34-8)36-22/h9-12,21-22H,13-14H2,1-8H3. The van der Waals surface area contributed by atoms with Crippen molar-refractivity contribution in [2.45, 2.75) is 50.5 Å². The Morgan fingerprint density at radius 1 is 0.667 bits per heavy atom. The Balaban J connectivity index is 1.76. The van der Waals surface area contributed by atoms with Crippen LogP contribution >= 0.6 is 0 Å². The zero-order chi connectivity index (χ0) is 26.3. The Labute approximate surface area is 211 Å². The summed E-state index contributed by atoms with van der Waals surface area (Å²) in [7, 11) is 9.39. The smallest absolute Gasteiger partial charge is 0.196 e. The molecule has 2 aliphatic rings. The van der Waals surface area contributed by atoms with Gasteiger partial charge in [0.25, 0.3) is 0 Å². The van der Waals surface area contributed by atoms with Gasteiger partial charge in [0.2, 0.25) is 0 Å². The third-order valence-electron chi connectivity index (χ3n) is 7.18. The first-order valence-electron chi connectivity index (χ1n) is 11.7. The average molecular weight is 503 g/mol. The number of carbonyl (C=O) groups is 1. The maximum Gasteiger partial charge on any atom is 0.196 e. The molecule has 0 spiro atoms. The van der Waals surface area contributed by atoms with Crippen molar-refractivity contribution in [3.8, 4) is 23.0 Å². The number of rotatable bonds is 8. The van der Waals surface area contributed by atoms with E-state index in [4.69, 9.17) is 37.9 Å². The van der Waals surface area contributed by atoms with Crippen molar-refractivity contribution in [2.75, 3.05) is 42.7 Å². The van der Waals surface area contributed by atoms with Crippen molar-refractivity contribution in [1.82, 2.24) is 0 Å². The van der Waals surface area contributed by atoms with Crippen LogP contribution in [-0.4, -0.2) is 60.6 Å². The van der Waals surface area contributed by atoms with Crippen LogP contribution in [0.5, 0.6) is 23.0 Å². The number of ketones is 1. The molecule has 0 saturated heterocycles. The van der Waals surface area contributed by atoms with Crippen molar-refractivity contribution < 1.29 is 42.7 Å². The van der Waals surface area contributed by atoms with E-state index in [0.717, 1.165) is 11.1 Å². The van der Waals surface area contributed by atoms with Crippen molar-refractivity contribution in [3.63, 3.8) is 0 Å². The van der Waals surface area contributed by atoms with Gasteiger partial charge in [0, 0.05) is 38.2 Å². The van der Waals surface area contributed by atoms with Gasteiger partial charge in [0.1, 0.15) is 35.2 Å². The predicted molar refractivity (Wildman–Crippen MR) is 130 cm³/mol. The molecule has 9 nitrogen and oxygen atoms in total. The molecule has 2 aromatic carbocycles. The third-order valence-corrected chi connectivity index (χ3v) is 7.18. The number of carbonyl (C=O) groups excluding carboxylic acids is 1. The summed E-state index contributed by atoms with van der Waals surface area (Å²) in [5, 5.41) is 0. The van der Waals surface area contributed by atoms with E-state index >= 15 is 0 Å². The molecule has 0 radical (unpaired) electrons. The third kappa shape index (κ3) is 4.10. The van der Waals surface area contributed by atoms with Crippen LogP contribution in [-0.2, 0) is 48.2 Å². The zero-order valence-corrected chi connectivity index (χ0v) is 22.1. The summed E-state index contributed by atoms with van der Waals surface area (Å²) < 4.78 is 46.6. The van der Waals surface area contributed by atoms with E-state index in [-0.39, 0.29) is 18.6 Å². The molecular weight excluding hydrogens is 468 g/mol. The van der Waals surface area contributed by atoms with Crippen LogP contribution in [0.15, 0.2) is 24.3 Å². The molecule has 4 rings (SSSR count). The number of methoxy groups -OCH3 is 6. The number of fused-ring (bicyclic) bond motifs is 2. The Bertz CT molecular complexity index is 1060. The first-order chi connectivity index (χ1) is 17.2. The average Bonchev–Trinajstić information content (AvgIpc) is 2.91. The lowest BCUT2D eigenvalue weighted by Crippen LogP contribution is -2.51. The summed E-state index contributed by atoms with van der Waals surface area (Å²) in [6.45, 7) is 3.52. The van der Waals surface area contributed by atoms with E-state index < -0.39 is 23.8 Å². The fourth-order valence-electron chi connectivity index (χ4n) is 5.28. The van der Waals surface area contributed by atoms with Crippen LogP contribution in [0.3, 0.4) is 0 Å². The molecule has 9 heteroatoms. The molecule has 2 aliphatic heterocycles. The number of hydrogen-bond acceptors (Lipinski definition) is 9. The summed E-state index contributed by atoms with van der Waals surface area (Å²) in [4.78, 5) is 14.0. The quantitative estimate of drug-likeness (QED) is 0.538. The highest BCUT2D eigenvalue weighted by atomic mass is 16.7. The fraction of sp³-hybridized carbons (Fsp3) is 0.519. The zero-order valence-electron chi connectivity index (χ0n) is 22.1. The molecule has 2 aromatic rings. The van der Waals surface area contributed by atoms with Crippen LogP contribution in [0.1, 0.15) is 36.1 Å². The Morgan fingerprint density at radius 2 is 1.00 bits per heavy atom. The van der Waals surface area contributed by atoms with Gasteiger partial charge in [-0.3, -0.25) is 4.79 Å². The number of Topliss-reactive ketones (excluding diaryl/α,β-unsaturated/α-hetero) is 1. The van der Waals surface area contributed by atoms with E-state index in [1.54, 1.807) is 54.4 Å². The summed E-state index contributed by atoms with van der Waals surface area (Å²) in [5.41, 5.74) is 2.96. The molecule has 0 aliphatic carbocycles. The van der Waals surface area contributed by atoms with Crippen LogP contribution in [0, 0.1) is 0 Å². The van der Waals surface area contributed by atoms with E-state index in [0.29, 0.717) is 34.1 Å². The van der Waals surface area contributed by atoms with Crippen LogP contribution < -0.4 is 18.9 Å². The molecule has 196 valence electrons. The topological polar surface area (TPSA) is 90.9 Å². The predicted octanol–water partition coefficient (Wildman–Crippen LogP) is 3.51. The van der Waals surface area contributed by atoms with Gasteiger partial charge < -0.3 is 37.9 Å². The molecule has 0 fully saturated rings. The maximum absolute atomic E-state index is 14.0. The number of hydrogen-bond donors (Lipinski definition) is 0. The van der Waals surface area contributed by atoms with Gasteiger partial charge in [0.05, 0.1) is 39.6 Å². The molecule has 0 bridgehead atoms. The Kier molecular flexibility index (Phi) is 7.21.